The lowest BCUT2D eigenvalue weighted by molar-refractivity contribution is -0.134. The molecule has 0 heterocycles. The molecule has 0 amide bonds. The molecule has 0 aliphatic carbocycles. The Morgan fingerprint density at radius 3 is 1.87 bits per heavy atom. The Labute approximate surface area is 138 Å². The van der Waals surface area contributed by atoms with Crippen LogP contribution in [0.5, 0.6) is 0 Å². The molecule has 0 fully saturated rings. The lowest BCUT2D eigenvalue weighted by Crippen LogP contribution is -2.25. The zero-order chi connectivity index (χ0) is 16.7. The average molecular weight is 326 g/mol. The van der Waals surface area contributed by atoms with E-state index in [1.165, 1.54) is 13.0 Å². The first-order valence-electron chi connectivity index (χ1n) is 7.15. The van der Waals surface area contributed by atoms with E-state index in [1.54, 1.807) is 0 Å². The number of hydrogen-bond donors (Lipinski definition) is 0. The molecule has 0 N–H and O–H groups in total. The van der Waals surface area contributed by atoms with Crippen LogP contribution in [0.15, 0.2) is 83.1 Å². The summed E-state index contributed by atoms with van der Waals surface area (Å²) >= 11 is 0. The predicted molar refractivity (Wildman–Crippen MR) is 93.9 cm³/mol. The Balaban J connectivity index is 2.68. The van der Waals surface area contributed by atoms with E-state index in [0.29, 0.717) is 0 Å². The molecule has 118 valence electrons. The lowest BCUT2D eigenvalue weighted by atomic mass is 10.3. The fourth-order valence-corrected chi connectivity index (χ4v) is 4.17. The zero-order valence-electron chi connectivity index (χ0n) is 12.9. The van der Waals surface area contributed by atoms with Crippen LogP contribution in [0, 0.1) is 0 Å². The molecule has 2 rings (SSSR count). The third-order valence-electron chi connectivity index (χ3n) is 3.00. The first-order valence-corrected chi connectivity index (χ1v) is 8.38. The Morgan fingerprint density at radius 2 is 1.48 bits per heavy atom. The van der Waals surface area contributed by atoms with Crippen molar-refractivity contribution in [2.24, 2.45) is 0 Å². The molecule has 0 aliphatic rings. The molecule has 0 radical (unpaired) electrons. The highest BCUT2D eigenvalue weighted by atomic mass is 32.2. The minimum Gasteiger partial charge on any atom is -0.457 e. The van der Waals surface area contributed by atoms with Gasteiger partial charge in [-0.1, -0.05) is 49.1 Å². The normalized spacial score (nSPS) is 10.2. The predicted octanol–water partition coefficient (Wildman–Crippen LogP) is 3.86. The number of ketones is 1. The van der Waals surface area contributed by atoms with E-state index < -0.39 is 16.5 Å². The quantitative estimate of drug-likeness (QED) is 0.350. The monoisotopic (exact) mass is 326 g/mol. The van der Waals surface area contributed by atoms with Gasteiger partial charge in [-0.05, 0) is 31.2 Å². The van der Waals surface area contributed by atoms with E-state index in [1.807, 2.05) is 60.7 Å². The molecule has 0 aliphatic heterocycles. The zero-order valence-corrected chi connectivity index (χ0v) is 13.7. The Bertz CT molecular complexity index is 692. The highest BCUT2D eigenvalue weighted by Gasteiger charge is 2.22. The van der Waals surface area contributed by atoms with Crippen molar-refractivity contribution >= 4 is 27.1 Å². The molecule has 2 aromatic carbocycles. The number of rotatable bonds is 6. The third kappa shape index (κ3) is 4.27. The molecule has 0 aromatic heterocycles. The largest absolute Gasteiger partial charge is 0.457 e. The first kappa shape index (κ1) is 16.9. The Morgan fingerprint density at radius 1 is 1.00 bits per heavy atom. The maximum atomic E-state index is 12.4. The van der Waals surface area contributed by atoms with Gasteiger partial charge in [0.25, 0.3) is 0 Å². The van der Waals surface area contributed by atoms with Crippen molar-refractivity contribution in [3.63, 3.8) is 0 Å². The van der Waals surface area contributed by atoms with Crippen molar-refractivity contribution in [2.75, 3.05) is 6.61 Å². The molecule has 0 spiro atoms. The molecule has 23 heavy (non-hydrogen) atoms. The second kappa shape index (κ2) is 8.25. The van der Waals surface area contributed by atoms with Gasteiger partial charge in [0.05, 0.1) is 0 Å². The van der Waals surface area contributed by atoms with Crippen molar-refractivity contribution in [3.8, 4) is 0 Å². The second-order valence-electron chi connectivity index (χ2n) is 4.70. The number of esters is 1. The highest BCUT2D eigenvalue weighted by Crippen LogP contribution is 2.37. The summed E-state index contributed by atoms with van der Waals surface area (Å²) in [6.45, 7) is 5.01. The molecule has 0 bridgehead atoms. The van der Waals surface area contributed by atoms with E-state index in [2.05, 4.69) is 6.58 Å². The van der Waals surface area contributed by atoms with Crippen LogP contribution in [0.1, 0.15) is 6.92 Å². The van der Waals surface area contributed by atoms with Crippen LogP contribution in [0.3, 0.4) is 0 Å². The minimum absolute atomic E-state index is 0.0798. The molecule has 2 aromatic rings. The van der Waals surface area contributed by atoms with Crippen LogP contribution in [-0.4, -0.2) is 23.2 Å². The van der Waals surface area contributed by atoms with Crippen LogP contribution >= 0.6 is 10.5 Å². The van der Waals surface area contributed by atoms with Crippen LogP contribution in [-0.2, 0) is 14.3 Å². The van der Waals surface area contributed by atoms with Gasteiger partial charge in [-0.15, -0.1) is 10.5 Å². The molecule has 4 heteroatoms. The number of Topliss-reactive ketones (excluding diaryl/α,β-unsaturated/α-hetero) is 1. The van der Waals surface area contributed by atoms with E-state index in [-0.39, 0.29) is 17.3 Å². The van der Waals surface area contributed by atoms with Crippen LogP contribution < -0.4 is 0 Å². The van der Waals surface area contributed by atoms with Gasteiger partial charge in [0.15, 0.2) is 5.78 Å². The fourth-order valence-electron chi connectivity index (χ4n) is 2.06. The summed E-state index contributed by atoms with van der Waals surface area (Å²) in [7, 11) is -0.794. The van der Waals surface area contributed by atoms with E-state index in [4.69, 9.17) is 4.74 Å². The summed E-state index contributed by atoms with van der Waals surface area (Å²) in [6, 6.07) is 19.0. The van der Waals surface area contributed by atoms with Gasteiger partial charge in [0.1, 0.15) is 11.5 Å². The Kier molecular flexibility index (Phi) is 6.06. The number of hydrogen-bond acceptors (Lipinski definition) is 3. The Hall–Kier alpha value is -2.46. The molecule has 0 saturated heterocycles. The summed E-state index contributed by atoms with van der Waals surface area (Å²) in [5.41, 5.74) is 0. The summed E-state index contributed by atoms with van der Waals surface area (Å²) in [5, 5.41) is 0. The van der Waals surface area contributed by atoms with Crippen molar-refractivity contribution in [1.82, 2.24) is 0 Å². The number of carbonyl (C=O) groups is 2. The van der Waals surface area contributed by atoms with E-state index >= 15 is 0 Å². The van der Waals surface area contributed by atoms with Crippen molar-refractivity contribution < 1.29 is 14.3 Å². The number of ether oxygens (including phenoxy) is 1. The SMILES string of the molecule is C=CCOC(=O)C(C(C)=O)=S(c1ccccc1)c1ccccc1. The summed E-state index contributed by atoms with van der Waals surface area (Å²) in [6.07, 6.45) is 1.48. The molecule has 0 saturated carbocycles. The van der Waals surface area contributed by atoms with E-state index in [0.717, 1.165) is 9.79 Å². The average Bonchev–Trinajstić information content (AvgIpc) is 2.58. The smallest absolute Gasteiger partial charge is 0.348 e. The maximum absolute atomic E-state index is 12.4. The fraction of sp³-hybridized carbons (Fsp3) is 0.105. The van der Waals surface area contributed by atoms with Crippen LogP contribution in [0.25, 0.3) is 0 Å². The first-order chi connectivity index (χ1) is 11.1. The van der Waals surface area contributed by atoms with Gasteiger partial charge in [-0.25, -0.2) is 4.79 Å². The summed E-state index contributed by atoms with van der Waals surface area (Å²) in [5.74, 6) is -0.872. The number of carbonyl (C=O) groups excluding carboxylic acids is 2. The maximum Gasteiger partial charge on any atom is 0.348 e. The van der Waals surface area contributed by atoms with Gasteiger partial charge in [-0.3, -0.25) is 4.79 Å². The molecular formula is C19H18O3S. The number of benzene rings is 2. The highest BCUT2D eigenvalue weighted by molar-refractivity contribution is 8.18. The molecular weight excluding hydrogens is 308 g/mol. The van der Waals surface area contributed by atoms with Crippen molar-refractivity contribution in [2.45, 2.75) is 16.7 Å². The standard InChI is InChI=1S/C19H18O3S/c1-3-14-22-19(21)18(15(2)20)23(16-10-6-4-7-11-16)17-12-8-5-9-13-17/h3-13H,1,14H2,2H3. The lowest BCUT2D eigenvalue weighted by Gasteiger charge is -2.15. The third-order valence-corrected chi connectivity index (χ3v) is 5.35. The van der Waals surface area contributed by atoms with Crippen molar-refractivity contribution in [3.05, 3.63) is 73.3 Å². The summed E-state index contributed by atoms with van der Waals surface area (Å²) < 4.78 is 5.13. The minimum atomic E-state index is -0.794. The second-order valence-corrected chi connectivity index (χ2v) is 6.67. The molecule has 0 atom stereocenters. The van der Waals surface area contributed by atoms with Crippen LogP contribution in [0.4, 0.5) is 0 Å². The summed E-state index contributed by atoms with van der Waals surface area (Å²) in [4.78, 5) is 26.6. The molecule has 3 nitrogen and oxygen atoms in total. The molecule has 0 unspecified atom stereocenters. The van der Waals surface area contributed by atoms with Gasteiger partial charge < -0.3 is 4.74 Å². The van der Waals surface area contributed by atoms with Crippen molar-refractivity contribution in [1.29, 1.82) is 0 Å². The van der Waals surface area contributed by atoms with E-state index in [9.17, 15) is 9.59 Å². The van der Waals surface area contributed by atoms with Gasteiger partial charge >= 0.3 is 5.97 Å². The van der Waals surface area contributed by atoms with Crippen LogP contribution in [0.2, 0.25) is 0 Å². The van der Waals surface area contributed by atoms with Gasteiger partial charge in [0, 0.05) is 9.79 Å². The topological polar surface area (TPSA) is 43.4 Å². The van der Waals surface area contributed by atoms with Gasteiger partial charge in [0.2, 0.25) is 0 Å². The van der Waals surface area contributed by atoms with Gasteiger partial charge in [-0.2, -0.15) is 0 Å².